The number of nitrogens with one attached hydrogen (secondary N) is 1. The molecule has 5 heteroatoms. The number of hydrogen-bond acceptors (Lipinski definition) is 4. The van der Waals surface area contributed by atoms with E-state index in [1.54, 1.807) is 0 Å². The van der Waals surface area contributed by atoms with Gasteiger partial charge in [0.25, 0.3) is 5.91 Å². The molecule has 2 aliphatic carbocycles. The second-order valence-electron chi connectivity index (χ2n) is 12.3. The predicted octanol–water partition coefficient (Wildman–Crippen LogP) is 5.99. The largest absolute Gasteiger partial charge is 0.454 e. The van der Waals surface area contributed by atoms with Crippen LogP contribution in [0.3, 0.4) is 0 Å². The lowest BCUT2D eigenvalue weighted by molar-refractivity contribution is 0.0284. The maximum atomic E-state index is 13.2. The lowest BCUT2D eigenvalue weighted by atomic mass is 9.59. The van der Waals surface area contributed by atoms with Crippen molar-refractivity contribution in [3.8, 4) is 22.6 Å². The Balaban J connectivity index is 0.985. The number of rotatable bonds is 7. The van der Waals surface area contributed by atoms with E-state index in [1.807, 2.05) is 18.2 Å². The summed E-state index contributed by atoms with van der Waals surface area (Å²) in [4.78, 5) is 15.9. The Morgan fingerprint density at radius 2 is 1.79 bits per heavy atom. The van der Waals surface area contributed by atoms with Gasteiger partial charge in [-0.2, -0.15) is 0 Å². The highest BCUT2D eigenvalue weighted by atomic mass is 16.7. The molecule has 3 aromatic rings. The molecule has 1 saturated heterocycles. The summed E-state index contributed by atoms with van der Waals surface area (Å²) in [5, 5.41) is 3.17. The molecule has 1 saturated carbocycles. The number of piperidine rings is 1. The fraction of sp³-hybridized carbons (Fsp3) is 0.441. The van der Waals surface area contributed by atoms with Crippen LogP contribution in [0.15, 0.2) is 60.7 Å². The van der Waals surface area contributed by atoms with Crippen LogP contribution in [0.25, 0.3) is 11.1 Å². The normalized spacial score (nSPS) is 25.3. The smallest absolute Gasteiger partial charge is 0.251 e. The molecule has 2 bridgehead atoms. The summed E-state index contributed by atoms with van der Waals surface area (Å²) in [7, 11) is 0. The van der Waals surface area contributed by atoms with E-state index in [0.29, 0.717) is 18.5 Å². The van der Waals surface area contributed by atoms with E-state index in [-0.39, 0.29) is 18.1 Å². The molecule has 2 aliphatic heterocycles. The van der Waals surface area contributed by atoms with Gasteiger partial charge in [0, 0.05) is 24.7 Å². The van der Waals surface area contributed by atoms with Crippen LogP contribution >= 0.6 is 0 Å². The minimum atomic E-state index is 0.0272. The van der Waals surface area contributed by atoms with E-state index in [4.69, 9.17) is 9.47 Å². The number of ether oxygens (including phenoxy) is 2. The number of nitrogens with zero attached hydrogens (tertiary/aromatic N) is 1. The van der Waals surface area contributed by atoms with Crippen LogP contribution < -0.4 is 14.8 Å². The summed E-state index contributed by atoms with van der Waals surface area (Å²) in [5.41, 5.74) is 7.24. The molecule has 1 N–H and O–H groups in total. The maximum absolute atomic E-state index is 13.2. The summed E-state index contributed by atoms with van der Waals surface area (Å²) in [6.45, 7) is 8.24. The van der Waals surface area contributed by atoms with Crippen molar-refractivity contribution in [1.82, 2.24) is 10.2 Å². The maximum Gasteiger partial charge on any atom is 0.251 e. The summed E-state index contributed by atoms with van der Waals surface area (Å²) >= 11 is 0. The number of fused-ring (bicyclic) bond motifs is 5. The van der Waals surface area contributed by atoms with Crippen molar-refractivity contribution < 1.29 is 14.3 Å². The van der Waals surface area contributed by atoms with Crippen molar-refractivity contribution in [2.24, 2.45) is 11.8 Å². The summed E-state index contributed by atoms with van der Waals surface area (Å²) in [6, 6.07) is 21.7. The molecule has 2 heterocycles. The first-order chi connectivity index (χ1) is 19.0. The van der Waals surface area contributed by atoms with E-state index in [1.165, 1.54) is 49.0 Å². The molecule has 4 aliphatic rings. The fourth-order valence-corrected chi connectivity index (χ4v) is 7.07. The number of hydrogen-bond donors (Lipinski definition) is 1. The first kappa shape index (κ1) is 24.7. The molecule has 7 rings (SSSR count). The van der Waals surface area contributed by atoms with Gasteiger partial charge in [-0.3, -0.25) is 9.69 Å². The lowest BCUT2D eigenvalue weighted by Gasteiger charge is -2.55. The standard InChI is InChI=1S/C34H38N2O3/c1-22-30-18-27-9-10-28(17-29(27)34(22,2)14-16-36(30)20-24-3-4-24)33(37)35-15-13-23-5-7-25(8-6-23)26-11-12-31-32(19-26)39-21-38-31/h5-12,17,19,22,24,30H,3-4,13-16,18,20-21H2,1-2H3,(H,35,37)/t22-,30+,34?/m0/s1. The molecule has 0 radical (unpaired) electrons. The molecular weight excluding hydrogens is 484 g/mol. The molecule has 2 fully saturated rings. The number of likely N-dealkylation sites (tertiary alicyclic amines) is 1. The Kier molecular flexibility index (Phi) is 6.15. The zero-order chi connectivity index (χ0) is 26.6. The number of carbonyl (C=O) groups is 1. The van der Waals surface area contributed by atoms with Gasteiger partial charge in [0.15, 0.2) is 11.5 Å². The molecule has 1 amide bonds. The highest BCUT2D eigenvalue weighted by Gasteiger charge is 2.49. The third kappa shape index (κ3) is 4.61. The number of amides is 1. The van der Waals surface area contributed by atoms with E-state index in [2.05, 4.69) is 66.5 Å². The van der Waals surface area contributed by atoms with E-state index < -0.39 is 0 Å². The zero-order valence-electron chi connectivity index (χ0n) is 23.0. The van der Waals surface area contributed by atoms with Crippen LogP contribution in [0.5, 0.6) is 11.5 Å². The van der Waals surface area contributed by atoms with Crippen molar-refractivity contribution in [3.63, 3.8) is 0 Å². The van der Waals surface area contributed by atoms with Gasteiger partial charge in [0.05, 0.1) is 0 Å². The molecule has 39 heavy (non-hydrogen) atoms. The highest BCUT2D eigenvalue weighted by molar-refractivity contribution is 5.94. The van der Waals surface area contributed by atoms with Gasteiger partial charge in [0.2, 0.25) is 6.79 Å². The van der Waals surface area contributed by atoms with Crippen molar-refractivity contribution >= 4 is 5.91 Å². The van der Waals surface area contributed by atoms with Crippen LogP contribution in [0.1, 0.15) is 60.2 Å². The molecular formula is C34H38N2O3. The fourth-order valence-electron chi connectivity index (χ4n) is 7.07. The summed E-state index contributed by atoms with van der Waals surface area (Å²) in [5.74, 6) is 3.16. The van der Waals surface area contributed by atoms with Gasteiger partial charge in [-0.25, -0.2) is 0 Å². The van der Waals surface area contributed by atoms with Crippen LogP contribution in [-0.2, 0) is 18.3 Å². The Labute approximate surface area is 231 Å². The second-order valence-corrected chi connectivity index (χ2v) is 12.3. The van der Waals surface area contributed by atoms with Gasteiger partial charge < -0.3 is 14.8 Å². The molecule has 0 aromatic heterocycles. The Hall–Kier alpha value is -3.31. The van der Waals surface area contributed by atoms with Crippen molar-refractivity contribution in [2.75, 3.05) is 26.4 Å². The Morgan fingerprint density at radius 1 is 1.00 bits per heavy atom. The lowest BCUT2D eigenvalue weighted by Crippen LogP contribution is -2.58. The van der Waals surface area contributed by atoms with Crippen LogP contribution in [0.2, 0.25) is 0 Å². The van der Waals surface area contributed by atoms with Crippen molar-refractivity contribution in [2.45, 2.75) is 57.4 Å². The number of carbonyl (C=O) groups excluding carboxylic acids is 1. The Bertz CT molecular complexity index is 1400. The van der Waals surface area contributed by atoms with Crippen LogP contribution in [0, 0.1) is 11.8 Å². The zero-order valence-corrected chi connectivity index (χ0v) is 23.0. The van der Waals surface area contributed by atoms with E-state index in [0.717, 1.165) is 46.9 Å². The van der Waals surface area contributed by atoms with E-state index >= 15 is 0 Å². The van der Waals surface area contributed by atoms with Crippen molar-refractivity contribution in [3.05, 3.63) is 82.9 Å². The van der Waals surface area contributed by atoms with Gasteiger partial charge in [-0.05, 0) is 108 Å². The summed E-state index contributed by atoms with van der Waals surface area (Å²) in [6.07, 6.45) is 5.92. The molecule has 1 unspecified atom stereocenters. The van der Waals surface area contributed by atoms with Crippen molar-refractivity contribution in [1.29, 1.82) is 0 Å². The van der Waals surface area contributed by atoms with Crippen LogP contribution in [-0.4, -0.2) is 43.3 Å². The molecule has 3 aromatic carbocycles. The summed E-state index contributed by atoms with van der Waals surface area (Å²) < 4.78 is 10.9. The Morgan fingerprint density at radius 3 is 2.62 bits per heavy atom. The van der Waals surface area contributed by atoms with Gasteiger partial charge >= 0.3 is 0 Å². The number of benzene rings is 3. The highest BCUT2D eigenvalue weighted by Crippen LogP contribution is 2.49. The minimum absolute atomic E-state index is 0.0272. The van der Waals surface area contributed by atoms with Gasteiger partial charge in [0.1, 0.15) is 0 Å². The third-order valence-electron chi connectivity index (χ3n) is 9.93. The topological polar surface area (TPSA) is 50.8 Å². The first-order valence-corrected chi connectivity index (χ1v) is 14.6. The molecule has 202 valence electrons. The quantitative estimate of drug-likeness (QED) is 0.414. The average Bonchev–Trinajstić information content (AvgIpc) is 3.65. The first-order valence-electron chi connectivity index (χ1n) is 14.6. The molecule has 5 nitrogen and oxygen atoms in total. The van der Waals surface area contributed by atoms with Gasteiger partial charge in [-0.1, -0.05) is 50.2 Å². The SMILES string of the molecule is C[C@H]1[C@H]2Cc3ccc(C(=O)NCCc4ccc(-c5ccc6c(c5)OCO6)cc4)cc3C1(C)CCN2CC1CC1. The average molecular weight is 523 g/mol. The third-order valence-corrected chi connectivity index (χ3v) is 9.93. The molecule has 0 spiro atoms. The monoisotopic (exact) mass is 522 g/mol. The second kappa shape index (κ2) is 9.71. The van der Waals surface area contributed by atoms with Crippen LogP contribution in [0.4, 0.5) is 0 Å². The minimum Gasteiger partial charge on any atom is -0.454 e. The van der Waals surface area contributed by atoms with E-state index in [9.17, 15) is 4.79 Å². The predicted molar refractivity (Wildman–Crippen MR) is 153 cm³/mol. The van der Waals surface area contributed by atoms with Gasteiger partial charge in [-0.15, -0.1) is 0 Å². The molecule has 3 atom stereocenters.